The summed E-state index contributed by atoms with van der Waals surface area (Å²) < 4.78 is 0. The molecule has 0 saturated carbocycles. The Kier molecular flexibility index (Phi) is 5.79. The Hall–Kier alpha value is -0.630. The van der Waals surface area contributed by atoms with Crippen LogP contribution in [-0.4, -0.2) is 61.2 Å². The molecule has 0 radical (unpaired) electrons. The van der Waals surface area contributed by atoms with Gasteiger partial charge in [-0.15, -0.1) is 0 Å². The van der Waals surface area contributed by atoms with Crippen molar-refractivity contribution in [2.24, 2.45) is 0 Å². The van der Waals surface area contributed by atoms with Crippen LogP contribution >= 0.6 is 0 Å². The van der Waals surface area contributed by atoms with Crippen LogP contribution in [0.2, 0.25) is 0 Å². The molecule has 0 aromatic carbocycles. The van der Waals surface area contributed by atoms with Crippen molar-refractivity contribution in [1.82, 2.24) is 15.1 Å². The molecular weight excluding hydrogens is 236 g/mol. The van der Waals surface area contributed by atoms with Crippen molar-refractivity contribution in [3.8, 4) is 6.07 Å². The lowest BCUT2D eigenvalue weighted by molar-refractivity contribution is 0.142. The molecule has 0 bridgehead atoms. The van der Waals surface area contributed by atoms with Gasteiger partial charge in [0.05, 0.1) is 6.07 Å². The van der Waals surface area contributed by atoms with Crippen LogP contribution in [-0.2, 0) is 0 Å². The monoisotopic (exact) mass is 268 g/mol. The van der Waals surface area contributed by atoms with Crippen LogP contribution in [0.5, 0.6) is 0 Å². The predicted molar refractivity (Wildman–Crippen MR) is 82.2 cm³/mol. The van der Waals surface area contributed by atoms with Gasteiger partial charge < -0.3 is 9.80 Å². The lowest BCUT2D eigenvalue weighted by atomic mass is 9.86. The van der Waals surface area contributed by atoms with Crippen molar-refractivity contribution in [3.63, 3.8) is 0 Å². The molecule has 0 aliphatic carbocycles. The van der Waals surface area contributed by atoms with Crippen molar-refractivity contribution in [2.45, 2.75) is 51.1 Å². The molecule has 1 aliphatic rings. The van der Waals surface area contributed by atoms with Gasteiger partial charge >= 0.3 is 0 Å². The minimum Gasteiger partial charge on any atom is -0.309 e. The second-order valence-corrected chi connectivity index (χ2v) is 7.07. The number of piperidine rings is 1. The summed E-state index contributed by atoms with van der Waals surface area (Å²) in [5.74, 6) is 0. The van der Waals surface area contributed by atoms with Crippen LogP contribution in [0.1, 0.15) is 41.5 Å². The highest BCUT2D eigenvalue weighted by molar-refractivity contribution is 5.11. The molecule has 1 heterocycles. The fourth-order valence-electron chi connectivity index (χ4n) is 2.75. The Labute approximate surface area is 120 Å². The van der Waals surface area contributed by atoms with E-state index in [1.807, 2.05) is 0 Å². The molecule has 1 aliphatic heterocycles. The van der Waals surface area contributed by atoms with Crippen molar-refractivity contribution in [1.29, 1.82) is 5.26 Å². The molecule has 0 aromatic heterocycles. The molecule has 4 nitrogen and oxygen atoms in total. The molecule has 0 atom stereocenters. The van der Waals surface area contributed by atoms with Crippen LogP contribution < -0.4 is 5.32 Å². The van der Waals surface area contributed by atoms with Crippen LogP contribution in [0.4, 0.5) is 0 Å². The molecule has 1 fully saturated rings. The summed E-state index contributed by atoms with van der Waals surface area (Å²) in [6.07, 6.45) is 3.07. The van der Waals surface area contributed by atoms with Gasteiger partial charge in [0.25, 0.3) is 0 Å². The van der Waals surface area contributed by atoms with E-state index < -0.39 is 0 Å². The van der Waals surface area contributed by atoms with E-state index in [0.717, 1.165) is 39.0 Å². The van der Waals surface area contributed by atoms with E-state index in [9.17, 15) is 5.26 Å². The molecule has 4 heteroatoms. The summed E-state index contributed by atoms with van der Waals surface area (Å²) in [5, 5.41) is 13.0. The maximum absolute atomic E-state index is 9.50. The second-order valence-electron chi connectivity index (χ2n) is 7.07. The van der Waals surface area contributed by atoms with Gasteiger partial charge in [-0.05, 0) is 67.2 Å². The molecule has 19 heavy (non-hydrogen) atoms. The predicted octanol–water partition coefficient (Wildman–Crippen LogP) is 1.93. The summed E-state index contributed by atoms with van der Waals surface area (Å²) in [6, 6.07) is 2.52. The normalized spacial score (nSPS) is 20.5. The molecule has 0 aromatic rings. The standard InChI is InChI=1S/C15H30N4.H2/c1-14(2,3)17-15(13-16)7-11-19(12-8-15)10-6-9-18(4)5;/h17H,6-12H2,1-5H3;1H. The first kappa shape index (κ1) is 16.4. The van der Waals surface area contributed by atoms with Gasteiger partial charge in [-0.1, -0.05) is 0 Å². The number of nitrogens with one attached hydrogen (secondary N) is 1. The summed E-state index contributed by atoms with van der Waals surface area (Å²) in [4.78, 5) is 4.72. The maximum atomic E-state index is 9.50. The first-order chi connectivity index (χ1) is 8.76. The van der Waals surface area contributed by atoms with Crippen LogP contribution in [0.3, 0.4) is 0 Å². The van der Waals surface area contributed by atoms with Gasteiger partial charge in [0.2, 0.25) is 0 Å². The maximum Gasteiger partial charge on any atom is 0.109 e. The smallest absolute Gasteiger partial charge is 0.109 e. The van der Waals surface area contributed by atoms with Gasteiger partial charge in [0.15, 0.2) is 0 Å². The largest absolute Gasteiger partial charge is 0.309 e. The van der Waals surface area contributed by atoms with Crippen molar-refractivity contribution in [3.05, 3.63) is 0 Å². The van der Waals surface area contributed by atoms with Gasteiger partial charge in [0, 0.05) is 20.1 Å². The van der Waals surface area contributed by atoms with Crippen LogP contribution in [0, 0.1) is 11.3 Å². The molecule has 1 saturated heterocycles. The summed E-state index contributed by atoms with van der Waals surface area (Å²) >= 11 is 0. The lowest BCUT2D eigenvalue weighted by Crippen LogP contribution is -2.58. The molecule has 1 rings (SSSR count). The second kappa shape index (κ2) is 6.69. The number of rotatable bonds is 5. The fraction of sp³-hybridized carbons (Fsp3) is 0.933. The average molecular weight is 268 g/mol. The Morgan fingerprint density at radius 1 is 1.32 bits per heavy atom. The zero-order valence-corrected chi connectivity index (χ0v) is 13.3. The zero-order valence-electron chi connectivity index (χ0n) is 13.3. The number of hydrogen-bond donors (Lipinski definition) is 1. The molecular formula is C15H32N4. The highest BCUT2D eigenvalue weighted by Gasteiger charge is 2.37. The average Bonchev–Trinajstić information content (AvgIpc) is 2.29. The number of nitriles is 1. The van der Waals surface area contributed by atoms with E-state index in [4.69, 9.17) is 0 Å². The Bertz CT molecular complexity index is 309. The third-order valence-corrected chi connectivity index (χ3v) is 3.62. The fourth-order valence-corrected chi connectivity index (χ4v) is 2.75. The topological polar surface area (TPSA) is 42.3 Å². The zero-order chi connectivity index (χ0) is 14.5. The van der Waals surface area contributed by atoms with Gasteiger partial charge in [0.1, 0.15) is 5.54 Å². The van der Waals surface area contributed by atoms with E-state index >= 15 is 0 Å². The van der Waals surface area contributed by atoms with E-state index in [-0.39, 0.29) is 12.5 Å². The Balaban J connectivity index is 0.00000361. The highest BCUT2D eigenvalue weighted by atomic mass is 15.2. The summed E-state index contributed by atoms with van der Waals surface area (Å²) in [5.41, 5.74) is -0.320. The molecule has 112 valence electrons. The van der Waals surface area contributed by atoms with Gasteiger partial charge in [-0.3, -0.25) is 5.32 Å². The summed E-state index contributed by atoms with van der Waals surface area (Å²) in [6.45, 7) is 10.8. The third-order valence-electron chi connectivity index (χ3n) is 3.62. The minimum atomic E-state index is -0.323. The third kappa shape index (κ3) is 5.90. The van der Waals surface area contributed by atoms with E-state index in [1.54, 1.807) is 0 Å². The van der Waals surface area contributed by atoms with Crippen LogP contribution in [0.25, 0.3) is 0 Å². The van der Waals surface area contributed by atoms with Gasteiger partial charge in [-0.2, -0.15) is 5.26 Å². The lowest BCUT2D eigenvalue weighted by Gasteiger charge is -2.41. The van der Waals surface area contributed by atoms with Crippen molar-refractivity contribution < 1.29 is 1.43 Å². The highest BCUT2D eigenvalue weighted by Crippen LogP contribution is 2.24. The van der Waals surface area contributed by atoms with Crippen LogP contribution in [0.15, 0.2) is 0 Å². The Morgan fingerprint density at radius 3 is 2.32 bits per heavy atom. The molecule has 0 unspecified atom stereocenters. The van der Waals surface area contributed by atoms with Gasteiger partial charge in [-0.25, -0.2) is 0 Å². The first-order valence-electron chi connectivity index (χ1n) is 7.34. The SMILES string of the molecule is CN(C)CCCN1CCC(C#N)(NC(C)(C)C)CC1.[HH]. The quantitative estimate of drug-likeness (QED) is 0.827. The number of hydrogen-bond acceptors (Lipinski definition) is 4. The van der Waals surface area contributed by atoms with E-state index in [2.05, 4.69) is 56.1 Å². The Morgan fingerprint density at radius 2 is 1.89 bits per heavy atom. The molecule has 0 amide bonds. The summed E-state index contributed by atoms with van der Waals surface area (Å²) in [7, 11) is 4.23. The van der Waals surface area contributed by atoms with E-state index in [0.29, 0.717) is 0 Å². The molecule has 1 N–H and O–H groups in total. The number of likely N-dealkylation sites (tertiary alicyclic amines) is 1. The minimum absolute atomic E-state index is 0. The number of nitrogens with zero attached hydrogens (tertiary/aromatic N) is 3. The first-order valence-corrected chi connectivity index (χ1v) is 7.34. The van der Waals surface area contributed by atoms with Crippen molar-refractivity contribution >= 4 is 0 Å². The van der Waals surface area contributed by atoms with E-state index in [1.165, 1.54) is 6.42 Å². The van der Waals surface area contributed by atoms with Crippen molar-refractivity contribution in [2.75, 3.05) is 40.3 Å². The molecule has 0 spiro atoms.